The lowest BCUT2D eigenvalue weighted by Gasteiger charge is -1.99. The zero-order chi connectivity index (χ0) is 7.40. The van der Waals surface area contributed by atoms with E-state index in [0.717, 1.165) is 11.4 Å². The van der Waals surface area contributed by atoms with Crippen LogP contribution in [0.1, 0.15) is 11.4 Å². The van der Waals surface area contributed by atoms with Gasteiger partial charge < -0.3 is 0 Å². The summed E-state index contributed by atoms with van der Waals surface area (Å²) < 4.78 is 0. The highest BCUT2D eigenvalue weighted by Gasteiger charge is 1.98. The molecule has 2 nitrogen and oxygen atoms in total. The Labute approximate surface area is 69.6 Å². The molecule has 1 rings (SSSR count). The third-order valence-corrected chi connectivity index (χ3v) is 1.71. The van der Waals surface area contributed by atoms with E-state index in [1.165, 1.54) is 0 Å². The Morgan fingerprint density at radius 2 is 1.90 bits per heavy atom. The summed E-state index contributed by atoms with van der Waals surface area (Å²) in [6.45, 7) is 0. The quantitative estimate of drug-likeness (QED) is 0.522. The van der Waals surface area contributed by atoms with Crippen LogP contribution in [0.5, 0.6) is 0 Å². The molecule has 0 unspecified atom stereocenters. The first-order valence-corrected chi connectivity index (χ1v) is 4.05. The van der Waals surface area contributed by atoms with Gasteiger partial charge in [0.05, 0.1) is 19.2 Å². The van der Waals surface area contributed by atoms with Gasteiger partial charge in [-0.25, -0.2) is 0 Å². The maximum Gasteiger partial charge on any atom is 0.0738 e. The van der Waals surface area contributed by atoms with Gasteiger partial charge in [-0.05, 0) is 6.32 Å². The Bertz CT molecular complexity index is 194. The monoisotopic (exact) mass is 196 g/mol. The second kappa shape index (κ2) is 3.71. The minimum absolute atomic E-state index is 0.453. The van der Waals surface area contributed by atoms with Crippen LogP contribution in [-0.4, -0.2) is 17.8 Å². The summed E-state index contributed by atoms with van der Waals surface area (Å²) in [7, 11) is 5.40. The van der Waals surface area contributed by atoms with Crippen molar-refractivity contribution in [1.29, 1.82) is 0 Å². The number of hydrogen-bond donors (Lipinski definition) is 0. The molecule has 1 heterocycles. The second-order valence-corrected chi connectivity index (χ2v) is 2.35. The van der Waals surface area contributed by atoms with Gasteiger partial charge in [-0.2, -0.15) is 0 Å². The van der Waals surface area contributed by atoms with Crippen LogP contribution in [0.2, 0.25) is 0 Å². The summed E-state index contributed by atoms with van der Waals surface area (Å²) >= 11 is 3.29. The van der Waals surface area contributed by atoms with E-state index in [0.29, 0.717) is 11.7 Å². The molecule has 0 bridgehead atoms. The molecule has 1 aromatic heterocycles. The molecule has 1 aromatic rings. The molecule has 0 fully saturated rings. The summed E-state index contributed by atoms with van der Waals surface area (Å²) in [5.74, 6) is 0. The van der Waals surface area contributed by atoms with Crippen molar-refractivity contribution in [3.63, 3.8) is 0 Å². The lowest BCUT2D eigenvalue weighted by atomic mass is 10.0. The van der Waals surface area contributed by atoms with Crippen molar-refractivity contribution >= 4 is 23.8 Å². The van der Waals surface area contributed by atoms with Crippen molar-refractivity contribution in [1.82, 2.24) is 9.97 Å². The van der Waals surface area contributed by atoms with E-state index in [2.05, 4.69) is 25.9 Å². The standard InChI is InChI=1S/C6H6BBrN2/c7-3-5-6(4-8)10-2-1-9-5/h1-2H,3-4H2. The number of hydrogen-bond acceptors (Lipinski definition) is 2. The van der Waals surface area contributed by atoms with Crippen LogP contribution >= 0.6 is 15.9 Å². The predicted molar refractivity (Wildman–Crippen MR) is 44.1 cm³/mol. The summed E-state index contributed by atoms with van der Waals surface area (Å²) in [6, 6.07) is 0. The van der Waals surface area contributed by atoms with Gasteiger partial charge in [-0.1, -0.05) is 15.9 Å². The molecule has 0 aliphatic carbocycles. The average Bonchev–Trinajstić information content (AvgIpc) is 2.04. The predicted octanol–water partition coefficient (Wildman–Crippen LogP) is 1.04. The normalized spacial score (nSPS) is 9.70. The Hall–Kier alpha value is -0.375. The molecule has 0 aliphatic heterocycles. The lowest BCUT2D eigenvalue weighted by Crippen LogP contribution is -1.97. The highest BCUT2D eigenvalue weighted by molar-refractivity contribution is 9.08. The van der Waals surface area contributed by atoms with Crippen molar-refractivity contribution in [3.05, 3.63) is 23.8 Å². The zero-order valence-electron chi connectivity index (χ0n) is 5.42. The van der Waals surface area contributed by atoms with Crippen molar-refractivity contribution in [2.45, 2.75) is 11.7 Å². The van der Waals surface area contributed by atoms with Crippen LogP contribution in [0.25, 0.3) is 0 Å². The lowest BCUT2D eigenvalue weighted by molar-refractivity contribution is 1.02. The molecule has 0 aromatic carbocycles. The van der Waals surface area contributed by atoms with Gasteiger partial charge in [0.25, 0.3) is 0 Å². The fraction of sp³-hybridized carbons (Fsp3) is 0.333. The fourth-order valence-corrected chi connectivity index (χ4v) is 1.15. The minimum atomic E-state index is 0.453. The minimum Gasteiger partial charge on any atom is -0.259 e. The summed E-state index contributed by atoms with van der Waals surface area (Å²) in [4.78, 5) is 8.13. The number of nitrogens with zero attached hydrogens (tertiary/aromatic N) is 2. The second-order valence-electron chi connectivity index (χ2n) is 1.79. The molecular formula is C6H6BBrN2. The molecule has 2 radical (unpaired) electrons. The van der Waals surface area contributed by atoms with Gasteiger partial charge in [-0.3, -0.25) is 9.97 Å². The van der Waals surface area contributed by atoms with E-state index in [1.54, 1.807) is 12.4 Å². The average molecular weight is 197 g/mol. The van der Waals surface area contributed by atoms with Gasteiger partial charge in [0, 0.05) is 17.7 Å². The van der Waals surface area contributed by atoms with Crippen molar-refractivity contribution < 1.29 is 0 Å². The Morgan fingerprint density at radius 1 is 1.30 bits per heavy atom. The first kappa shape index (κ1) is 7.73. The van der Waals surface area contributed by atoms with Gasteiger partial charge in [0.15, 0.2) is 0 Å². The number of halogens is 1. The molecule has 50 valence electrons. The highest BCUT2D eigenvalue weighted by Crippen LogP contribution is 2.04. The Morgan fingerprint density at radius 3 is 2.30 bits per heavy atom. The highest BCUT2D eigenvalue weighted by atomic mass is 79.9. The van der Waals surface area contributed by atoms with Crippen LogP contribution in [0.15, 0.2) is 12.4 Å². The van der Waals surface area contributed by atoms with Crippen LogP contribution in [0.3, 0.4) is 0 Å². The largest absolute Gasteiger partial charge is 0.259 e. The van der Waals surface area contributed by atoms with Gasteiger partial charge in [0.1, 0.15) is 0 Å². The van der Waals surface area contributed by atoms with E-state index >= 15 is 0 Å². The maximum atomic E-state index is 5.40. The molecule has 0 amide bonds. The molecule has 0 saturated carbocycles. The Balaban J connectivity index is 2.96. The summed E-state index contributed by atoms with van der Waals surface area (Å²) in [6.07, 6.45) is 3.76. The fourth-order valence-electron chi connectivity index (χ4n) is 0.678. The van der Waals surface area contributed by atoms with Crippen LogP contribution in [-0.2, 0) is 11.7 Å². The van der Waals surface area contributed by atoms with Crippen molar-refractivity contribution in [3.8, 4) is 0 Å². The number of rotatable bonds is 2. The van der Waals surface area contributed by atoms with Crippen molar-refractivity contribution in [2.24, 2.45) is 0 Å². The topological polar surface area (TPSA) is 25.8 Å². The molecule has 10 heavy (non-hydrogen) atoms. The zero-order valence-corrected chi connectivity index (χ0v) is 7.00. The third kappa shape index (κ3) is 1.56. The Kier molecular flexibility index (Phi) is 2.87. The molecule has 0 atom stereocenters. The first-order valence-electron chi connectivity index (χ1n) is 2.93. The van der Waals surface area contributed by atoms with Crippen LogP contribution < -0.4 is 0 Å². The van der Waals surface area contributed by atoms with Crippen LogP contribution in [0, 0.1) is 0 Å². The van der Waals surface area contributed by atoms with E-state index in [9.17, 15) is 0 Å². The number of alkyl halides is 1. The van der Waals surface area contributed by atoms with E-state index in [1.807, 2.05) is 0 Å². The van der Waals surface area contributed by atoms with Crippen molar-refractivity contribution in [2.75, 3.05) is 0 Å². The van der Waals surface area contributed by atoms with E-state index in [-0.39, 0.29) is 0 Å². The summed E-state index contributed by atoms with van der Waals surface area (Å²) in [5.41, 5.74) is 1.78. The SMILES string of the molecule is [B]Cc1nccnc1CBr. The third-order valence-electron chi connectivity index (χ3n) is 1.18. The first-order chi connectivity index (χ1) is 4.88. The summed E-state index contributed by atoms with van der Waals surface area (Å²) in [5, 5.41) is 0.716. The van der Waals surface area contributed by atoms with Gasteiger partial charge in [-0.15, -0.1) is 0 Å². The molecular weight excluding hydrogens is 191 g/mol. The van der Waals surface area contributed by atoms with E-state index in [4.69, 9.17) is 7.85 Å². The van der Waals surface area contributed by atoms with Gasteiger partial charge in [0.2, 0.25) is 0 Å². The molecule has 0 aliphatic rings. The smallest absolute Gasteiger partial charge is 0.0738 e. The molecule has 0 spiro atoms. The maximum absolute atomic E-state index is 5.40. The van der Waals surface area contributed by atoms with Gasteiger partial charge >= 0.3 is 0 Å². The molecule has 4 heteroatoms. The number of aromatic nitrogens is 2. The van der Waals surface area contributed by atoms with E-state index < -0.39 is 0 Å². The molecule has 0 N–H and O–H groups in total. The van der Waals surface area contributed by atoms with Crippen LogP contribution in [0.4, 0.5) is 0 Å². The molecule has 0 saturated heterocycles.